The van der Waals surface area contributed by atoms with E-state index in [1.807, 2.05) is 48.9 Å². The molecule has 2 N–H and O–H groups in total. The van der Waals surface area contributed by atoms with Crippen LogP contribution in [0.4, 0.5) is 0 Å². The molecule has 1 aliphatic carbocycles. The fourth-order valence-electron chi connectivity index (χ4n) is 3.71. The predicted molar refractivity (Wildman–Crippen MR) is 104 cm³/mol. The van der Waals surface area contributed by atoms with Crippen molar-refractivity contribution in [1.29, 1.82) is 0 Å². The maximum atomic E-state index is 11.9. The molecule has 0 aliphatic heterocycles. The van der Waals surface area contributed by atoms with Gasteiger partial charge in [-0.2, -0.15) is 0 Å². The van der Waals surface area contributed by atoms with Gasteiger partial charge in [0.2, 0.25) is 5.91 Å². The molecule has 0 bridgehead atoms. The second kappa shape index (κ2) is 5.53. The lowest BCUT2D eigenvalue weighted by atomic mass is 9.93. The van der Waals surface area contributed by atoms with E-state index in [2.05, 4.69) is 24.3 Å². The van der Waals surface area contributed by atoms with Gasteiger partial charge in [0.15, 0.2) is 0 Å². The van der Waals surface area contributed by atoms with E-state index in [1.54, 1.807) is 6.07 Å². The highest BCUT2D eigenvalue weighted by atomic mass is 16.1. The van der Waals surface area contributed by atoms with Crippen molar-refractivity contribution in [1.82, 2.24) is 4.98 Å². The van der Waals surface area contributed by atoms with Crippen molar-refractivity contribution >= 4 is 16.8 Å². The van der Waals surface area contributed by atoms with Gasteiger partial charge in [-0.3, -0.25) is 4.79 Å². The Kier molecular flexibility index (Phi) is 3.16. The van der Waals surface area contributed by atoms with E-state index < -0.39 is 5.91 Å². The van der Waals surface area contributed by atoms with Gasteiger partial charge in [-0.1, -0.05) is 54.6 Å². The first-order valence-electron chi connectivity index (χ1n) is 8.49. The molecular weight excluding hydrogens is 320 g/mol. The average molecular weight is 335 g/mol. The summed E-state index contributed by atoms with van der Waals surface area (Å²) in [5.41, 5.74) is 13.1. The minimum atomic E-state index is -0.414. The zero-order chi connectivity index (χ0) is 17.7. The highest BCUT2D eigenvalue weighted by molar-refractivity contribution is 6.03. The van der Waals surface area contributed by atoms with Gasteiger partial charge in [0.1, 0.15) is 0 Å². The fourth-order valence-corrected chi connectivity index (χ4v) is 3.71. The Labute approximate surface area is 151 Å². The summed E-state index contributed by atoms with van der Waals surface area (Å²) < 4.78 is 0. The maximum Gasteiger partial charge on any atom is 0.249 e. The lowest BCUT2D eigenvalue weighted by molar-refractivity contribution is 0.1000. The SMILES string of the molecule is NC(=O)c1ccc(-c2ccc3ccccc3n2)c2c1[CH]c1ccccc1-2. The molecule has 0 spiro atoms. The van der Waals surface area contributed by atoms with Crippen LogP contribution in [-0.2, 0) is 0 Å². The topological polar surface area (TPSA) is 56.0 Å². The number of aromatic nitrogens is 1. The number of carbonyl (C=O) groups is 1. The lowest BCUT2D eigenvalue weighted by Crippen LogP contribution is -2.13. The van der Waals surface area contributed by atoms with Crippen LogP contribution in [0.15, 0.2) is 72.8 Å². The molecule has 1 amide bonds. The molecule has 0 fully saturated rings. The zero-order valence-electron chi connectivity index (χ0n) is 13.9. The van der Waals surface area contributed by atoms with Crippen molar-refractivity contribution in [2.45, 2.75) is 0 Å². The Balaban J connectivity index is 1.81. The second-order valence-corrected chi connectivity index (χ2v) is 6.43. The van der Waals surface area contributed by atoms with Crippen LogP contribution in [0.5, 0.6) is 0 Å². The van der Waals surface area contributed by atoms with Crippen molar-refractivity contribution in [3.8, 4) is 22.4 Å². The van der Waals surface area contributed by atoms with Gasteiger partial charge in [-0.15, -0.1) is 0 Å². The molecule has 3 nitrogen and oxygen atoms in total. The van der Waals surface area contributed by atoms with Crippen molar-refractivity contribution < 1.29 is 4.79 Å². The van der Waals surface area contributed by atoms with Crippen LogP contribution in [0.1, 0.15) is 21.5 Å². The largest absolute Gasteiger partial charge is 0.366 e. The number of benzene rings is 3. The van der Waals surface area contributed by atoms with E-state index in [0.717, 1.165) is 44.4 Å². The third-order valence-corrected chi connectivity index (χ3v) is 4.92. The van der Waals surface area contributed by atoms with Gasteiger partial charge in [-0.25, -0.2) is 4.98 Å². The number of primary amides is 1. The molecule has 1 heterocycles. The molecule has 4 aromatic rings. The van der Waals surface area contributed by atoms with Crippen LogP contribution in [0.3, 0.4) is 0 Å². The summed E-state index contributed by atoms with van der Waals surface area (Å²) in [4.78, 5) is 16.8. The molecule has 26 heavy (non-hydrogen) atoms. The molecule has 5 rings (SSSR count). The number of carbonyl (C=O) groups excluding carboxylic acids is 1. The Morgan fingerprint density at radius 3 is 2.50 bits per heavy atom. The van der Waals surface area contributed by atoms with Gasteiger partial charge in [0.05, 0.1) is 11.2 Å². The summed E-state index contributed by atoms with van der Waals surface area (Å²) in [6.45, 7) is 0. The van der Waals surface area contributed by atoms with E-state index in [9.17, 15) is 4.79 Å². The summed E-state index contributed by atoms with van der Waals surface area (Å²) >= 11 is 0. The standard InChI is InChI=1S/C23H15N2O/c24-23(26)17-10-11-18(21-12-9-14-5-2-4-8-20(14)25-21)22-16-7-3-1-6-15(16)13-19(17)22/h1-13H,(H2,24,26). The molecule has 0 saturated carbocycles. The zero-order valence-corrected chi connectivity index (χ0v) is 13.9. The number of nitrogens with two attached hydrogens (primary N) is 1. The van der Waals surface area contributed by atoms with Gasteiger partial charge in [-0.05, 0) is 40.5 Å². The number of hydrogen-bond acceptors (Lipinski definition) is 2. The van der Waals surface area contributed by atoms with Crippen LogP contribution >= 0.6 is 0 Å². The van der Waals surface area contributed by atoms with E-state index in [1.165, 1.54) is 0 Å². The maximum absolute atomic E-state index is 11.9. The Bertz CT molecular complexity index is 1190. The van der Waals surface area contributed by atoms with E-state index in [0.29, 0.717) is 5.56 Å². The number of rotatable bonds is 2. The number of fused-ring (bicyclic) bond motifs is 4. The highest BCUT2D eigenvalue weighted by Crippen LogP contribution is 2.45. The number of nitrogens with zero attached hydrogens (tertiary/aromatic N) is 1. The van der Waals surface area contributed by atoms with Crippen molar-refractivity contribution in [3.63, 3.8) is 0 Å². The quantitative estimate of drug-likeness (QED) is 0.513. The summed E-state index contributed by atoms with van der Waals surface area (Å²) in [6.07, 6.45) is 2.04. The van der Waals surface area contributed by atoms with Gasteiger partial charge < -0.3 is 5.73 Å². The third kappa shape index (κ3) is 2.14. The summed E-state index contributed by atoms with van der Waals surface area (Å²) in [7, 11) is 0. The number of amides is 1. The summed E-state index contributed by atoms with van der Waals surface area (Å²) in [6, 6.07) is 24.1. The summed E-state index contributed by atoms with van der Waals surface area (Å²) in [5, 5.41) is 1.11. The second-order valence-electron chi connectivity index (χ2n) is 6.43. The smallest absolute Gasteiger partial charge is 0.249 e. The number of para-hydroxylation sites is 1. The van der Waals surface area contributed by atoms with Crippen molar-refractivity contribution in [3.05, 3.63) is 95.9 Å². The first-order chi connectivity index (χ1) is 12.7. The molecular formula is C23H15N2O. The van der Waals surface area contributed by atoms with Gasteiger partial charge in [0.25, 0.3) is 0 Å². The van der Waals surface area contributed by atoms with Crippen LogP contribution in [0.25, 0.3) is 33.3 Å². The van der Waals surface area contributed by atoms with E-state index in [4.69, 9.17) is 10.7 Å². The minimum Gasteiger partial charge on any atom is -0.366 e. The van der Waals surface area contributed by atoms with E-state index >= 15 is 0 Å². The molecule has 1 aromatic heterocycles. The average Bonchev–Trinajstić information content (AvgIpc) is 3.06. The predicted octanol–water partition coefficient (Wildman–Crippen LogP) is 4.58. The molecule has 3 heteroatoms. The Morgan fingerprint density at radius 1 is 0.808 bits per heavy atom. The van der Waals surface area contributed by atoms with Crippen molar-refractivity contribution in [2.75, 3.05) is 0 Å². The van der Waals surface area contributed by atoms with Crippen LogP contribution < -0.4 is 5.73 Å². The highest BCUT2D eigenvalue weighted by Gasteiger charge is 2.26. The first kappa shape index (κ1) is 14.8. The first-order valence-corrected chi connectivity index (χ1v) is 8.49. The summed E-state index contributed by atoms with van der Waals surface area (Å²) in [5.74, 6) is -0.414. The molecule has 1 aliphatic rings. The third-order valence-electron chi connectivity index (χ3n) is 4.92. The molecule has 0 unspecified atom stereocenters. The van der Waals surface area contributed by atoms with Crippen LogP contribution in [0.2, 0.25) is 0 Å². The number of hydrogen-bond donors (Lipinski definition) is 1. The lowest BCUT2D eigenvalue weighted by Gasteiger charge is -2.12. The Hall–Kier alpha value is -3.46. The Morgan fingerprint density at radius 2 is 1.62 bits per heavy atom. The molecule has 0 saturated heterocycles. The number of pyridine rings is 1. The van der Waals surface area contributed by atoms with Gasteiger partial charge in [0, 0.05) is 22.9 Å². The molecule has 1 radical (unpaired) electrons. The molecule has 123 valence electrons. The molecule has 0 atom stereocenters. The van der Waals surface area contributed by atoms with Crippen molar-refractivity contribution in [2.24, 2.45) is 5.73 Å². The van der Waals surface area contributed by atoms with Gasteiger partial charge >= 0.3 is 0 Å². The fraction of sp³-hybridized carbons (Fsp3) is 0. The molecule has 3 aromatic carbocycles. The van der Waals surface area contributed by atoms with Crippen LogP contribution in [0, 0.1) is 6.42 Å². The monoisotopic (exact) mass is 335 g/mol. The minimum absolute atomic E-state index is 0.414. The normalized spacial score (nSPS) is 12.0. The van der Waals surface area contributed by atoms with Crippen LogP contribution in [-0.4, -0.2) is 10.9 Å². The van der Waals surface area contributed by atoms with E-state index in [-0.39, 0.29) is 0 Å².